The molecule has 0 unspecified atom stereocenters. The first-order chi connectivity index (χ1) is 11.5. The number of anilines is 2. The second kappa shape index (κ2) is 6.41. The Morgan fingerprint density at radius 2 is 1.58 bits per heavy atom. The average molecular weight is 324 g/mol. The monoisotopic (exact) mass is 324 g/mol. The van der Waals surface area contributed by atoms with Gasteiger partial charge in [-0.15, -0.1) is 0 Å². The van der Waals surface area contributed by atoms with E-state index < -0.39 is 0 Å². The van der Waals surface area contributed by atoms with Crippen LogP contribution >= 0.6 is 0 Å². The summed E-state index contributed by atoms with van der Waals surface area (Å²) < 4.78 is 0. The van der Waals surface area contributed by atoms with Crippen LogP contribution < -0.4 is 16.3 Å². The lowest BCUT2D eigenvalue weighted by Crippen LogP contribution is -2.14. The summed E-state index contributed by atoms with van der Waals surface area (Å²) in [6.45, 7) is 1.44. The number of H-pyrrole nitrogens is 2. The summed E-state index contributed by atoms with van der Waals surface area (Å²) in [5.74, 6) is -0.307. The van der Waals surface area contributed by atoms with Crippen LogP contribution in [0.4, 0.5) is 11.4 Å². The minimum absolute atomic E-state index is 0.140. The van der Waals surface area contributed by atoms with Gasteiger partial charge in [-0.25, -0.2) is 4.79 Å². The minimum Gasteiger partial charge on any atom is -0.326 e. The number of imidazole rings is 1. The second-order valence-electron chi connectivity index (χ2n) is 5.44. The third-order valence-electron chi connectivity index (χ3n) is 3.44. The van der Waals surface area contributed by atoms with E-state index in [0.29, 0.717) is 22.4 Å². The number of amides is 2. The lowest BCUT2D eigenvalue weighted by atomic mass is 10.1. The summed E-state index contributed by atoms with van der Waals surface area (Å²) in [5, 5.41) is 5.47. The number of carbonyl (C=O) groups is 2. The molecule has 0 saturated carbocycles. The van der Waals surface area contributed by atoms with E-state index in [9.17, 15) is 14.4 Å². The van der Waals surface area contributed by atoms with Gasteiger partial charge in [-0.1, -0.05) is 12.1 Å². The molecule has 0 spiro atoms. The van der Waals surface area contributed by atoms with Gasteiger partial charge in [0.15, 0.2) is 0 Å². The van der Waals surface area contributed by atoms with Gasteiger partial charge in [0, 0.05) is 18.3 Å². The molecule has 7 nitrogen and oxygen atoms in total. The van der Waals surface area contributed by atoms with Crippen molar-refractivity contribution in [3.05, 3.63) is 58.5 Å². The Balaban J connectivity index is 1.65. The summed E-state index contributed by atoms with van der Waals surface area (Å²) in [6.07, 6.45) is 0.210. The molecule has 0 radical (unpaired) electrons. The first kappa shape index (κ1) is 15.5. The van der Waals surface area contributed by atoms with Gasteiger partial charge in [0.05, 0.1) is 17.5 Å². The van der Waals surface area contributed by atoms with Crippen LogP contribution in [-0.4, -0.2) is 21.8 Å². The van der Waals surface area contributed by atoms with E-state index in [4.69, 9.17) is 0 Å². The van der Waals surface area contributed by atoms with Crippen molar-refractivity contribution in [2.24, 2.45) is 0 Å². The molecular formula is C17H16N4O3. The summed E-state index contributed by atoms with van der Waals surface area (Å²) >= 11 is 0. The van der Waals surface area contributed by atoms with E-state index in [0.717, 1.165) is 5.56 Å². The van der Waals surface area contributed by atoms with Gasteiger partial charge in [0.25, 0.3) is 0 Å². The standard InChI is InChI=1S/C17H16N4O3/c1-10(22)18-12-4-2-11(3-5-12)8-16(23)19-13-6-7-14-15(9-13)21-17(24)20-14/h2-7,9H,8H2,1H3,(H,18,22)(H,19,23)(H2,20,21,24). The fourth-order valence-electron chi connectivity index (χ4n) is 2.41. The normalized spacial score (nSPS) is 10.5. The Morgan fingerprint density at radius 3 is 2.29 bits per heavy atom. The number of carbonyl (C=O) groups excluding carboxylic acids is 2. The van der Waals surface area contributed by atoms with Crippen LogP contribution in [0.15, 0.2) is 47.3 Å². The smallest absolute Gasteiger partial charge is 0.323 e. The van der Waals surface area contributed by atoms with Crippen molar-refractivity contribution in [1.29, 1.82) is 0 Å². The third-order valence-corrected chi connectivity index (χ3v) is 3.44. The van der Waals surface area contributed by atoms with Gasteiger partial charge in [0.1, 0.15) is 0 Å². The molecule has 0 fully saturated rings. The number of fused-ring (bicyclic) bond motifs is 1. The van der Waals surface area contributed by atoms with Crippen molar-refractivity contribution in [3.63, 3.8) is 0 Å². The van der Waals surface area contributed by atoms with Gasteiger partial charge >= 0.3 is 5.69 Å². The Bertz CT molecular complexity index is 954. The average Bonchev–Trinajstić information content (AvgIpc) is 2.88. The number of aromatic nitrogens is 2. The molecule has 1 heterocycles. The Morgan fingerprint density at radius 1 is 0.917 bits per heavy atom. The summed E-state index contributed by atoms with van der Waals surface area (Å²) in [5.41, 5.74) is 3.17. The lowest BCUT2D eigenvalue weighted by Gasteiger charge is -2.07. The van der Waals surface area contributed by atoms with Crippen LogP contribution in [0.5, 0.6) is 0 Å². The van der Waals surface area contributed by atoms with Crippen LogP contribution in [0, 0.1) is 0 Å². The van der Waals surface area contributed by atoms with E-state index in [2.05, 4.69) is 20.6 Å². The number of nitrogens with one attached hydrogen (secondary N) is 4. The highest BCUT2D eigenvalue weighted by Crippen LogP contribution is 2.15. The molecule has 0 aliphatic carbocycles. The molecule has 0 aliphatic rings. The summed E-state index contributed by atoms with van der Waals surface area (Å²) in [4.78, 5) is 39.6. The minimum atomic E-state index is -0.285. The zero-order valence-corrected chi connectivity index (χ0v) is 13.0. The first-order valence-corrected chi connectivity index (χ1v) is 7.38. The number of hydrogen-bond acceptors (Lipinski definition) is 3. The Kier molecular flexibility index (Phi) is 4.15. The molecule has 122 valence electrons. The van der Waals surface area contributed by atoms with Crippen molar-refractivity contribution in [2.45, 2.75) is 13.3 Å². The largest absolute Gasteiger partial charge is 0.326 e. The van der Waals surface area contributed by atoms with Gasteiger partial charge in [0.2, 0.25) is 11.8 Å². The van der Waals surface area contributed by atoms with Gasteiger partial charge in [-0.2, -0.15) is 0 Å². The lowest BCUT2D eigenvalue weighted by molar-refractivity contribution is -0.116. The van der Waals surface area contributed by atoms with Crippen LogP contribution in [-0.2, 0) is 16.0 Å². The molecule has 0 aliphatic heterocycles. The maximum absolute atomic E-state index is 12.1. The molecule has 0 saturated heterocycles. The highest BCUT2D eigenvalue weighted by Gasteiger charge is 2.06. The first-order valence-electron chi connectivity index (χ1n) is 7.38. The molecular weight excluding hydrogens is 308 g/mol. The molecule has 7 heteroatoms. The predicted octanol–water partition coefficient (Wildman–Crippen LogP) is 2.00. The van der Waals surface area contributed by atoms with Crippen LogP contribution in [0.1, 0.15) is 12.5 Å². The SMILES string of the molecule is CC(=O)Nc1ccc(CC(=O)Nc2ccc3[nH]c(=O)[nH]c3c2)cc1. The molecule has 0 atom stereocenters. The number of hydrogen-bond donors (Lipinski definition) is 4. The quantitative estimate of drug-likeness (QED) is 0.589. The Labute approximate surface area is 137 Å². The maximum atomic E-state index is 12.1. The van der Waals surface area contributed by atoms with Crippen LogP contribution in [0.25, 0.3) is 11.0 Å². The maximum Gasteiger partial charge on any atom is 0.323 e. The van der Waals surface area contributed by atoms with E-state index in [1.165, 1.54) is 6.92 Å². The molecule has 4 N–H and O–H groups in total. The molecule has 3 rings (SSSR count). The molecule has 3 aromatic rings. The van der Waals surface area contributed by atoms with Gasteiger partial charge < -0.3 is 20.6 Å². The van der Waals surface area contributed by atoms with E-state index in [1.54, 1.807) is 42.5 Å². The molecule has 2 amide bonds. The third kappa shape index (κ3) is 3.70. The predicted molar refractivity (Wildman–Crippen MR) is 92.0 cm³/mol. The number of aromatic amines is 2. The van der Waals surface area contributed by atoms with Crippen LogP contribution in [0.2, 0.25) is 0 Å². The zero-order chi connectivity index (χ0) is 17.1. The zero-order valence-electron chi connectivity index (χ0n) is 13.0. The summed E-state index contributed by atoms with van der Waals surface area (Å²) in [7, 11) is 0. The van der Waals surface area contributed by atoms with E-state index in [1.807, 2.05) is 0 Å². The van der Waals surface area contributed by atoms with Crippen molar-refractivity contribution < 1.29 is 9.59 Å². The fourth-order valence-corrected chi connectivity index (χ4v) is 2.41. The molecule has 1 aromatic heterocycles. The van der Waals surface area contributed by atoms with Crippen molar-refractivity contribution in [2.75, 3.05) is 10.6 Å². The van der Waals surface area contributed by atoms with Crippen molar-refractivity contribution >= 4 is 34.2 Å². The van der Waals surface area contributed by atoms with E-state index >= 15 is 0 Å². The molecule has 2 aromatic carbocycles. The Hall–Kier alpha value is -3.35. The fraction of sp³-hybridized carbons (Fsp3) is 0.118. The number of benzene rings is 2. The van der Waals surface area contributed by atoms with E-state index in [-0.39, 0.29) is 23.9 Å². The van der Waals surface area contributed by atoms with Gasteiger partial charge in [-0.3, -0.25) is 9.59 Å². The van der Waals surface area contributed by atoms with Crippen LogP contribution in [0.3, 0.4) is 0 Å². The summed E-state index contributed by atoms with van der Waals surface area (Å²) in [6, 6.07) is 12.2. The number of rotatable bonds is 4. The van der Waals surface area contributed by atoms with Gasteiger partial charge in [-0.05, 0) is 35.9 Å². The molecule has 24 heavy (non-hydrogen) atoms. The topological polar surface area (TPSA) is 107 Å². The molecule has 0 bridgehead atoms. The van der Waals surface area contributed by atoms with Crippen molar-refractivity contribution in [1.82, 2.24) is 9.97 Å². The second-order valence-corrected chi connectivity index (χ2v) is 5.44. The highest BCUT2D eigenvalue weighted by molar-refractivity contribution is 5.94. The van der Waals surface area contributed by atoms with Crippen molar-refractivity contribution in [3.8, 4) is 0 Å². The highest BCUT2D eigenvalue weighted by atomic mass is 16.2.